The monoisotopic (exact) mass is 440 g/mol. The minimum atomic E-state index is -3.38. The number of sulfonamides is 1. The van der Waals surface area contributed by atoms with Crippen LogP contribution in [0.2, 0.25) is 0 Å². The SMILES string of the molecule is CN=C(NCCCCCN1CCCCC1)N1CCN(S(=O)(=O)Cc2ccon2)CC1. The van der Waals surface area contributed by atoms with Crippen LogP contribution in [0.3, 0.4) is 0 Å². The number of piperazine rings is 1. The molecule has 0 bridgehead atoms. The van der Waals surface area contributed by atoms with Crippen LogP contribution in [0.25, 0.3) is 0 Å². The summed E-state index contributed by atoms with van der Waals surface area (Å²) in [5, 5.41) is 7.15. The Hall–Kier alpha value is -1.65. The van der Waals surface area contributed by atoms with Crippen LogP contribution < -0.4 is 5.32 Å². The summed E-state index contributed by atoms with van der Waals surface area (Å²) in [5.41, 5.74) is 0.440. The van der Waals surface area contributed by atoms with Gasteiger partial charge in [0.1, 0.15) is 12.0 Å². The zero-order chi connectivity index (χ0) is 21.2. The van der Waals surface area contributed by atoms with Crippen LogP contribution in [0.4, 0.5) is 0 Å². The number of hydrogen-bond donors (Lipinski definition) is 1. The predicted octanol–water partition coefficient (Wildman–Crippen LogP) is 1.35. The van der Waals surface area contributed by atoms with Gasteiger partial charge in [-0.1, -0.05) is 18.0 Å². The molecular weight excluding hydrogens is 404 g/mol. The Morgan fingerprint density at radius 3 is 2.53 bits per heavy atom. The smallest absolute Gasteiger partial charge is 0.220 e. The molecule has 1 N–H and O–H groups in total. The molecule has 0 atom stereocenters. The van der Waals surface area contributed by atoms with E-state index in [1.165, 1.54) is 62.3 Å². The molecule has 2 fully saturated rings. The zero-order valence-corrected chi connectivity index (χ0v) is 18.9. The minimum Gasteiger partial charge on any atom is -0.364 e. The summed E-state index contributed by atoms with van der Waals surface area (Å²) in [7, 11) is -1.59. The van der Waals surface area contributed by atoms with Gasteiger partial charge in [0, 0.05) is 45.8 Å². The van der Waals surface area contributed by atoms with Gasteiger partial charge in [0.15, 0.2) is 5.96 Å². The second-order valence-corrected chi connectivity index (χ2v) is 10.0. The number of nitrogens with one attached hydrogen (secondary N) is 1. The molecule has 2 saturated heterocycles. The number of aromatic nitrogens is 1. The molecule has 3 rings (SSSR count). The predicted molar refractivity (Wildman–Crippen MR) is 118 cm³/mol. The first-order valence-electron chi connectivity index (χ1n) is 11.1. The third-order valence-corrected chi connectivity index (χ3v) is 7.66. The van der Waals surface area contributed by atoms with Gasteiger partial charge in [-0.2, -0.15) is 4.31 Å². The molecule has 3 heterocycles. The molecule has 0 saturated carbocycles. The Labute approximate surface area is 180 Å². The van der Waals surface area contributed by atoms with E-state index < -0.39 is 10.0 Å². The normalized spacial score (nSPS) is 19.9. The third-order valence-electron chi connectivity index (χ3n) is 5.85. The molecule has 30 heavy (non-hydrogen) atoms. The third kappa shape index (κ3) is 6.95. The lowest BCUT2D eigenvalue weighted by atomic mass is 10.1. The van der Waals surface area contributed by atoms with Gasteiger partial charge >= 0.3 is 0 Å². The second-order valence-electron chi connectivity index (χ2n) is 8.07. The number of piperidine rings is 1. The molecule has 1 aromatic heterocycles. The number of aliphatic imine (C=N–C) groups is 1. The molecule has 2 aliphatic heterocycles. The van der Waals surface area contributed by atoms with Gasteiger partial charge in [0.2, 0.25) is 10.0 Å². The number of rotatable bonds is 9. The van der Waals surface area contributed by atoms with Gasteiger partial charge in [-0.25, -0.2) is 8.42 Å². The van der Waals surface area contributed by atoms with Crippen molar-refractivity contribution >= 4 is 16.0 Å². The van der Waals surface area contributed by atoms with Gasteiger partial charge in [-0.3, -0.25) is 4.99 Å². The van der Waals surface area contributed by atoms with Gasteiger partial charge in [0.25, 0.3) is 0 Å². The fraction of sp³-hybridized carbons (Fsp3) is 0.800. The Morgan fingerprint density at radius 2 is 1.87 bits per heavy atom. The average molecular weight is 441 g/mol. The number of unbranched alkanes of at least 4 members (excludes halogenated alkanes) is 2. The Bertz CT molecular complexity index is 739. The summed E-state index contributed by atoms with van der Waals surface area (Å²) >= 11 is 0. The minimum absolute atomic E-state index is 0.117. The lowest BCUT2D eigenvalue weighted by Crippen LogP contribution is -2.54. The van der Waals surface area contributed by atoms with Crippen molar-refractivity contribution in [1.29, 1.82) is 0 Å². The molecule has 0 amide bonds. The van der Waals surface area contributed by atoms with Gasteiger partial charge in [0.05, 0.1) is 5.69 Å². The highest BCUT2D eigenvalue weighted by atomic mass is 32.2. The van der Waals surface area contributed by atoms with Gasteiger partial charge in [-0.05, 0) is 45.3 Å². The fourth-order valence-corrected chi connectivity index (χ4v) is 5.55. The van der Waals surface area contributed by atoms with Crippen molar-refractivity contribution in [2.75, 3.05) is 59.4 Å². The zero-order valence-electron chi connectivity index (χ0n) is 18.1. The second kappa shape index (κ2) is 11.7. The topological polar surface area (TPSA) is 94.3 Å². The number of nitrogens with zero attached hydrogens (tertiary/aromatic N) is 5. The van der Waals surface area contributed by atoms with Crippen LogP contribution >= 0.6 is 0 Å². The highest BCUT2D eigenvalue weighted by molar-refractivity contribution is 7.88. The maximum atomic E-state index is 12.6. The van der Waals surface area contributed by atoms with Crippen molar-refractivity contribution in [2.24, 2.45) is 4.99 Å². The average Bonchev–Trinajstić information content (AvgIpc) is 3.26. The van der Waals surface area contributed by atoms with Crippen LogP contribution in [-0.2, 0) is 15.8 Å². The number of likely N-dealkylation sites (tertiary alicyclic amines) is 1. The van der Waals surface area contributed by atoms with Crippen molar-refractivity contribution in [1.82, 2.24) is 24.6 Å². The number of guanidine groups is 1. The van der Waals surface area contributed by atoms with Crippen molar-refractivity contribution in [2.45, 2.75) is 44.3 Å². The van der Waals surface area contributed by atoms with Crippen molar-refractivity contribution in [3.8, 4) is 0 Å². The lowest BCUT2D eigenvalue weighted by Gasteiger charge is -2.35. The van der Waals surface area contributed by atoms with Crippen molar-refractivity contribution in [3.63, 3.8) is 0 Å². The van der Waals surface area contributed by atoms with Crippen LogP contribution in [0.15, 0.2) is 21.8 Å². The van der Waals surface area contributed by atoms with E-state index in [-0.39, 0.29) is 5.75 Å². The first kappa shape index (κ1) is 23.0. The Morgan fingerprint density at radius 1 is 1.10 bits per heavy atom. The summed E-state index contributed by atoms with van der Waals surface area (Å²) in [6.45, 7) is 6.83. The van der Waals surface area contributed by atoms with E-state index >= 15 is 0 Å². The van der Waals surface area contributed by atoms with Gasteiger partial charge in [-0.15, -0.1) is 0 Å². The largest absolute Gasteiger partial charge is 0.364 e. The summed E-state index contributed by atoms with van der Waals surface area (Å²) in [5.74, 6) is 0.744. The van der Waals surface area contributed by atoms with E-state index in [1.54, 1.807) is 13.1 Å². The standard InChI is InChI=1S/C20H36N6O3S/c1-21-20(22-9-4-2-5-10-24-11-6-3-7-12-24)25-13-15-26(16-14-25)30(27,28)18-19-8-17-29-23-19/h8,17H,2-7,9-16,18H2,1H3,(H,21,22). The summed E-state index contributed by atoms with van der Waals surface area (Å²) in [4.78, 5) is 9.11. The summed E-state index contributed by atoms with van der Waals surface area (Å²) in [6.07, 6.45) is 9.09. The summed E-state index contributed by atoms with van der Waals surface area (Å²) < 4.78 is 31.4. The number of hydrogen-bond acceptors (Lipinski definition) is 6. The molecule has 1 aromatic rings. The summed E-state index contributed by atoms with van der Waals surface area (Å²) in [6, 6.07) is 1.59. The quantitative estimate of drug-likeness (QED) is 0.352. The lowest BCUT2D eigenvalue weighted by molar-refractivity contribution is 0.224. The van der Waals surface area contributed by atoms with E-state index in [0.29, 0.717) is 31.9 Å². The molecule has 170 valence electrons. The maximum absolute atomic E-state index is 12.6. The van der Waals surface area contributed by atoms with Crippen molar-refractivity contribution in [3.05, 3.63) is 18.0 Å². The maximum Gasteiger partial charge on any atom is 0.220 e. The molecule has 2 aliphatic rings. The van der Waals surface area contributed by atoms with Crippen LogP contribution in [0, 0.1) is 0 Å². The molecule has 0 radical (unpaired) electrons. The van der Waals surface area contributed by atoms with Crippen LogP contribution in [0.1, 0.15) is 44.2 Å². The highest BCUT2D eigenvalue weighted by Gasteiger charge is 2.28. The van der Waals surface area contributed by atoms with E-state index in [1.807, 2.05) is 0 Å². The van der Waals surface area contributed by atoms with Gasteiger partial charge < -0.3 is 19.6 Å². The highest BCUT2D eigenvalue weighted by Crippen LogP contribution is 2.13. The first-order valence-corrected chi connectivity index (χ1v) is 12.7. The van der Waals surface area contributed by atoms with Crippen molar-refractivity contribution < 1.29 is 12.9 Å². The molecule has 9 nitrogen and oxygen atoms in total. The Balaban J connectivity index is 1.32. The Kier molecular flexibility index (Phi) is 8.95. The fourth-order valence-electron chi connectivity index (χ4n) is 4.12. The molecular formula is C20H36N6O3S. The molecule has 0 unspecified atom stereocenters. The molecule has 10 heteroatoms. The van der Waals surface area contributed by atoms with E-state index in [4.69, 9.17) is 4.52 Å². The van der Waals surface area contributed by atoms with Crippen LogP contribution in [-0.4, -0.2) is 93.0 Å². The van der Waals surface area contributed by atoms with E-state index in [0.717, 1.165) is 18.9 Å². The molecule has 0 aromatic carbocycles. The first-order chi connectivity index (χ1) is 14.6. The van der Waals surface area contributed by atoms with E-state index in [9.17, 15) is 8.42 Å². The molecule has 0 spiro atoms. The van der Waals surface area contributed by atoms with Crippen LogP contribution in [0.5, 0.6) is 0 Å². The molecule has 0 aliphatic carbocycles. The van der Waals surface area contributed by atoms with E-state index in [2.05, 4.69) is 25.3 Å².